The molecule has 0 bridgehead atoms. The van der Waals surface area contributed by atoms with Crippen molar-refractivity contribution < 1.29 is 4.79 Å². The summed E-state index contributed by atoms with van der Waals surface area (Å²) in [4.78, 5) is 13.0. The van der Waals surface area contributed by atoms with E-state index < -0.39 is 0 Å². The third kappa shape index (κ3) is 3.18. The molecule has 2 heterocycles. The molecular weight excluding hydrogens is 352 g/mol. The fourth-order valence-corrected chi connectivity index (χ4v) is 4.15. The summed E-state index contributed by atoms with van der Waals surface area (Å²) in [5.41, 5.74) is 2.13. The number of fused-ring (bicyclic) bond motifs is 1. The van der Waals surface area contributed by atoms with Crippen LogP contribution in [0, 0.1) is 0 Å². The zero-order valence-electron chi connectivity index (χ0n) is 13.3. The average Bonchev–Trinajstić information content (AvgIpc) is 3.29. The molecule has 0 radical (unpaired) electrons. The summed E-state index contributed by atoms with van der Waals surface area (Å²) in [5, 5.41) is 4.41. The van der Waals surface area contributed by atoms with Gasteiger partial charge in [-0.15, -0.1) is 11.3 Å². The van der Waals surface area contributed by atoms with Gasteiger partial charge in [-0.2, -0.15) is 0 Å². The highest BCUT2D eigenvalue weighted by molar-refractivity contribution is 7.21. The number of carbonyl (C=O) groups is 1. The van der Waals surface area contributed by atoms with Crippen LogP contribution >= 0.6 is 22.9 Å². The van der Waals surface area contributed by atoms with Crippen molar-refractivity contribution in [1.82, 2.24) is 9.88 Å². The predicted molar refractivity (Wildman–Crippen MR) is 104 cm³/mol. The van der Waals surface area contributed by atoms with E-state index in [1.807, 2.05) is 77.6 Å². The van der Waals surface area contributed by atoms with Gasteiger partial charge < -0.3 is 9.88 Å². The number of hydrogen-bond donors (Lipinski definition) is 1. The highest BCUT2D eigenvalue weighted by atomic mass is 35.5. The summed E-state index contributed by atoms with van der Waals surface area (Å²) in [6, 6.07) is 19.9. The Kier molecular flexibility index (Phi) is 4.30. The van der Waals surface area contributed by atoms with Gasteiger partial charge >= 0.3 is 0 Å². The van der Waals surface area contributed by atoms with Crippen LogP contribution in [0.25, 0.3) is 15.8 Å². The molecule has 2 aromatic heterocycles. The van der Waals surface area contributed by atoms with E-state index >= 15 is 0 Å². The van der Waals surface area contributed by atoms with Crippen LogP contribution in [0.1, 0.15) is 15.2 Å². The molecule has 1 N–H and O–H groups in total. The van der Waals surface area contributed by atoms with E-state index in [0.717, 1.165) is 21.3 Å². The number of thiophene rings is 1. The molecule has 0 spiro atoms. The predicted octanol–water partition coefficient (Wildman–Crippen LogP) is 5.28. The number of aromatic nitrogens is 1. The number of amides is 1. The Balaban J connectivity index is 1.47. The smallest absolute Gasteiger partial charge is 0.263 e. The summed E-state index contributed by atoms with van der Waals surface area (Å²) in [6.07, 6.45) is 4.00. The van der Waals surface area contributed by atoms with E-state index in [9.17, 15) is 4.79 Å². The van der Waals surface area contributed by atoms with E-state index in [0.29, 0.717) is 16.4 Å². The minimum absolute atomic E-state index is 0.138. The maximum Gasteiger partial charge on any atom is 0.263 e. The summed E-state index contributed by atoms with van der Waals surface area (Å²) in [5.74, 6) is -0.138. The van der Waals surface area contributed by atoms with E-state index in [2.05, 4.69) is 5.32 Å². The molecule has 0 saturated carbocycles. The van der Waals surface area contributed by atoms with Crippen LogP contribution in [0.5, 0.6) is 0 Å². The third-order valence-corrected chi connectivity index (χ3v) is 5.71. The maximum absolute atomic E-state index is 12.5. The standard InChI is InChI=1S/C20H15ClN2OS/c21-18-16-5-1-2-6-17(16)25-19(18)20(24)22-13-14-7-9-15(10-8-14)23-11-3-4-12-23/h1-12H,13H2,(H,22,24). The van der Waals surface area contributed by atoms with Crippen molar-refractivity contribution in [2.24, 2.45) is 0 Å². The van der Waals surface area contributed by atoms with Crippen molar-refractivity contribution in [1.29, 1.82) is 0 Å². The molecule has 0 aliphatic heterocycles. The van der Waals surface area contributed by atoms with Crippen LogP contribution in [0.2, 0.25) is 5.02 Å². The van der Waals surface area contributed by atoms with Gasteiger partial charge in [0.05, 0.1) is 5.02 Å². The summed E-state index contributed by atoms with van der Waals surface area (Å²) in [6.45, 7) is 0.468. The van der Waals surface area contributed by atoms with Crippen LogP contribution in [-0.2, 0) is 6.54 Å². The molecule has 0 fully saturated rings. The molecule has 124 valence electrons. The molecule has 2 aromatic carbocycles. The zero-order valence-corrected chi connectivity index (χ0v) is 14.8. The first-order valence-corrected chi connectivity index (χ1v) is 9.09. The first kappa shape index (κ1) is 15.9. The molecule has 0 atom stereocenters. The largest absolute Gasteiger partial charge is 0.347 e. The number of halogens is 1. The average molecular weight is 367 g/mol. The van der Waals surface area contributed by atoms with Gasteiger partial charge in [0.15, 0.2) is 0 Å². The second-order valence-corrected chi connectivity index (χ2v) is 7.11. The molecule has 3 nitrogen and oxygen atoms in total. The second kappa shape index (κ2) is 6.75. The van der Waals surface area contributed by atoms with E-state index in [1.165, 1.54) is 11.3 Å². The van der Waals surface area contributed by atoms with E-state index in [-0.39, 0.29) is 5.91 Å². The van der Waals surface area contributed by atoms with Crippen LogP contribution in [0.15, 0.2) is 73.1 Å². The van der Waals surface area contributed by atoms with Crippen molar-refractivity contribution in [3.8, 4) is 5.69 Å². The molecule has 25 heavy (non-hydrogen) atoms. The Labute approximate surface area is 154 Å². The Hall–Kier alpha value is -2.56. The fraction of sp³-hybridized carbons (Fsp3) is 0.0500. The van der Waals surface area contributed by atoms with Gasteiger partial charge in [0.2, 0.25) is 0 Å². The normalized spacial score (nSPS) is 10.9. The van der Waals surface area contributed by atoms with Gasteiger partial charge in [-0.1, -0.05) is 41.9 Å². The lowest BCUT2D eigenvalue weighted by molar-refractivity contribution is 0.0955. The molecular formula is C20H15ClN2OS. The Bertz CT molecular complexity index is 1020. The molecule has 4 rings (SSSR count). The van der Waals surface area contributed by atoms with Crippen LogP contribution < -0.4 is 5.32 Å². The second-order valence-electron chi connectivity index (χ2n) is 5.68. The van der Waals surface area contributed by atoms with Crippen LogP contribution in [0.3, 0.4) is 0 Å². The molecule has 1 amide bonds. The van der Waals surface area contributed by atoms with Crippen molar-refractivity contribution >= 4 is 38.9 Å². The molecule has 0 saturated heterocycles. The molecule has 0 aliphatic carbocycles. The van der Waals surface area contributed by atoms with Gasteiger partial charge in [-0.3, -0.25) is 4.79 Å². The van der Waals surface area contributed by atoms with Crippen molar-refractivity contribution in [2.75, 3.05) is 0 Å². The zero-order chi connectivity index (χ0) is 17.2. The van der Waals surface area contributed by atoms with Crippen LogP contribution in [-0.4, -0.2) is 10.5 Å². The third-order valence-electron chi connectivity index (χ3n) is 4.03. The number of nitrogens with one attached hydrogen (secondary N) is 1. The van der Waals surface area contributed by atoms with Crippen molar-refractivity contribution in [3.63, 3.8) is 0 Å². The Morgan fingerprint density at radius 2 is 1.72 bits per heavy atom. The highest BCUT2D eigenvalue weighted by Gasteiger charge is 2.16. The molecule has 4 aromatic rings. The Morgan fingerprint density at radius 3 is 2.44 bits per heavy atom. The van der Waals surface area contributed by atoms with Gasteiger partial charge in [-0.05, 0) is 35.9 Å². The topological polar surface area (TPSA) is 34.0 Å². The number of rotatable bonds is 4. The molecule has 5 heteroatoms. The molecule has 0 unspecified atom stereocenters. The number of hydrogen-bond acceptors (Lipinski definition) is 2. The first-order valence-electron chi connectivity index (χ1n) is 7.90. The number of carbonyl (C=O) groups excluding carboxylic acids is 1. The minimum Gasteiger partial charge on any atom is -0.347 e. The van der Waals surface area contributed by atoms with E-state index in [4.69, 9.17) is 11.6 Å². The Morgan fingerprint density at radius 1 is 1.00 bits per heavy atom. The summed E-state index contributed by atoms with van der Waals surface area (Å²) < 4.78 is 3.06. The van der Waals surface area contributed by atoms with Gasteiger partial charge in [-0.25, -0.2) is 0 Å². The molecule has 0 aliphatic rings. The quantitative estimate of drug-likeness (QED) is 0.524. The monoisotopic (exact) mass is 366 g/mol. The SMILES string of the molecule is O=C(NCc1ccc(-n2cccc2)cc1)c1sc2ccccc2c1Cl. The lowest BCUT2D eigenvalue weighted by Crippen LogP contribution is -2.22. The number of benzene rings is 2. The lowest BCUT2D eigenvalue weighted by atomic mass is 10.2. The minimum atomic E-state index is -0.138. The van der Waals surface area contributed by atoms with Crippen LogP contribution in [0.4, 0.5) is 0 Å². The van der Waals surface area contributed by atoms with Gasteiger partial charge in [0.1, 0.15) is 4.88 Å². The summed E-state index contributed by atoms with van der Waals surface area (Å²) in [7, 11) is 0. The number of nitrogens with zero attached hydrogens (tertiary/aromatic N) is 1. The highest BCUT2D eigenvalue weighted by Crippen LogP contribution is 2.35. The van der Waals surface area contributed by atoms with Crippen molar-refractivity contribution in [3.05, 3.63) is 88.5 Å². The van der Waals surface area contributed by atoms with Crippen molar-refractivity contribution in [2.45, 2.75) is 6.54 Å². The van der Waals surface area contributed by atoms with Gasteiger partial charge in [0, 0.05) is 34.7 Å². The van der Waals surface area contributed by atoms with Gasteiger partial charge in [0.25, 0.3) is 5.91 Å². The summed E-state index contributed by atoms with van der Waals surface area (Å²) >= 11 is 7.78. The lowest BCUT2D eigenvalue weighted by Gasteiger charge is -2.07. The maximum atomic E-state index is 12.5. The fourth-order valence-electron chi connectivity index (χ4n) is 2.72. The van der Waals surface area contributed by atoms with E-state index in [1.54, 1.807) is 0 Å². The first-order chi connectivity index (χ1) is 12.2.